The molecule has 0 radical (unpaired) electrons. The van der Waals surface area contributed by atoms with Gasteiger partial charge in [0.1, 0.15) is 0 Å². The van der Waals surface area contributed by atoms with Crippen molar-refractivity contribution in [3.8, 4) is 0 Å². The lowest BCUT2D eigenvalue weighted by molar-refractivity contribution is -0.142. The molecule has 19 heavy (non-hydrogen) atoms. The lowest BCUT2D eigenvalue weighted by Crippen LogP contribution is -2.44. The summed E-state index contributed by atoms with van der Waals surface area (Å²) in [4.78, 5) is 24.5. The molecule has 0 bridgehead atoms. The molecular weight excluding hydrogens is 248 g/mol. The van der Waals surface area contributed by atoms with Gasteiger partial charge in [-0.25, -0.2) is 4.79 Å². The number of hydrogen-bond donors (Lipinski definition) is 2. The van der Waals surface area contributed by atoms with Crippen LogP contribution in [-0.2, 0) is 9.53 Å². The number of rotatable bonds is 9. The second-order valence-corrected chi connectivity index (χ2v) is 4.92. The third-order valence-electron chi connectivity index (χ3n) is 2.84. The maximum Gasteiger partial charge on any atom is 0.317 e. The van der Waals surface area contributed by atoms with Gasteiger partial charge < -0.3 is 20.1 Å². The molecular formula is C13H26N2O4. The minimum absolute atomic E-state index is 0.163. The van der Waals surface area contributed by atoms with E-state index in [4.69, 9.17) is 9.84 Å². The Kier molecular flexibility index (Phi) is 8.95. The summed E-state index contributed by atoms with van der Waals surface area (Å²) in [5.74, 6) is -1.12. The van der Waals surface area contributed by atoms with E-state index in [9.17, 15) is 9.59 Å². The third kappa shape index (κ3) is 7.66. The van der Waals surface area contributed by atoms with Gasteiger partial charge in [-0.05, 0) is 19.3 Å². The second kappa shape index (κ2) is 9.61. The first-order chi connectivity index (χ1) is 8.92. The van der Waals surface area contributed by atoms with Gasteiger partial charge >= 0.3 is 12.0 Å². The fraction of sp³-hybridized carbons (Fsp3) is 0.846. The number of carboxylic acid groups (broad SMARTS) is 1. The van der Waals surface area contributed by atoms with E-state index in [1.807, 2.05) is 20.8 Å². The zero-order chi connectivity index (χ0) is 14.8. The fourth-order valence-electron chi connectivity index (χ4n) is 1.77. The number of ether oxygens (including phenoxy) is 1. The van der Waals surface area contributed by atoms with Gasteiger partial charge in [0, 0.05) is 26.7 Å². The zero-order valence-corrected chi connectivity index (χ0v) is 12.3. The van der Waals surface area contributed by atoms with E-state index < -0.39 is 11.9 Å². The lowest BCUT2D eigenvalue weighted by atomic mass is 9.97. The first-order valence-corrected chi connectivity index (χ1v) is 6.66. The highest BCUT2D eigenvalue weighted by Crippen LogP contribution is 2.11. The number of nitrogens with zero attached hydrogens (tertiary/aromatic N) is 1. The van der Waals surface area contributed by atoms with Crippen LogP contribution in [0.2, 0.25) is 0 Å². The number of nitrogens with one attached hydrogen (secondary N) is 1. The van der Waals surface area contributed by atoms with Crippen LogP contribution < -0.4 is 5.32 Å². The van der Waals surface area contributed by atoms with Gasteiger partial charge in [-0.2, -0.15) is 0 Å². The van der Waals surface area contributed by atoms with E-state index in [1.165, 1.54) is 0 Å². The normalized spacial score (nSPS) is 12.3. The van der Waals surface area contributed by atoms with Gasteiger partial charge in [0.2, 0.25) is 0 Å². The highest BCUT2D eigenvalue weighted by atomic mass is 16.5. The molecule has 6 nitrogen and oxygen atoms in total. The van der Waals surface area contributed by atoms with Crippen molar-refractivity contribution in [2.45, 2.75) is 27.2 Å². The summed E-state index contributed by atoms with van der Waals surface area (Å²) in [6.45, 7) is 7.50. The molecule has 0 aromatic heterocycles. The quantitative estimate of drug-likeness (QED) is 0.666. The molecule has 6 heteroatoms. The van der Waals surface area contributed by atoms with Gasteiger partial charge in [0.25, 0.3) is 0 Å². The summed E-state index contributed by atoms with van der Waals surface area (Å²) in [5, 5.41) is 11.8. The number of amides is 2. The molecule has 0 aliphatic heterocycles. The van der Waals surface area contributed by atoms with Crippen LogP contribution in [0.4, 0.5) is 4.79 Å². The van der Waals surface area contributed by atoms with Gasteiger partial charge in [0.15, 0.2) is 0 Å². The van der Waals surface area contributed by atoms with Gasteiger partial charge in [-0.15, -0.1) is 0 Å². The van der Waals surface area contributed by atoms with E-state index in [0.717, 1.165) is 0 Å². The number of carboxylic acids is 1. The van der Waals surface area contributed by atoms with Crippen molar-refractivity contribution in [3.63, 3.8) is 0 Å². The topological polar surface area (TPSA) is 78.9 Å². The Labute approximate surface area is 115 Å². The first kappa shape index (κ1) is 17.7. The van der Waals surface area contributed by atoms with E-state index >= 15 is 0 Å². The van der Waals surface area contributed by atoms with Crippen LogP contribution in [-0.4, -0.2) is 55.4 Å². The molecule has 2 N–H and O–H groups in total. The van der Waals surface area contributed by atoms with E-state index in [-0.39, 0.29) is 18.5 Å². The largest absolute Gasteiger partial charge is 0.481 e. The van der Waals surface area contributed by atoms with E-state index in [0.29, 0.717) is 26.1 Å². The fourth-order valence-corrected chi connectivity index (χ4v) is 1.77. The molecule has 0 aromatic rings. The predicted octanol–water partition coefficient (Wildman–Crippen LogP) is 1.41. The summed E-state index contributed by atoms with van der Waals surface area (Å²) in [5.41, 5.74) is 0. The van der Waals surface area contributed by atoms with Crippen molar-refractivity contribution >= 4 is 12.0 Å². The predicted molar refractivity (Wildman–Crippen MR) is 73.1 cm³/mol. The Hall–Kier alpha value is -1.30. The molecule has 0 aliphatic carbocycles. The minimum Gasteiger partial charge on any atom is -0.481 e. The smallest absolute Gasteiger partial charge is 0.317 e. The van der Waals surface area contributed by atoms with Crippen LogP contribution in [0.15, 0.2) is 0 Å². The standard InChI is InChI=1S/C13H26N2O4/c1-5-15(6-7-19-4)13(18)14-9-11(12(16)17)8-10(2)3/h10-11H,5-9H2,1-4H3,(H,14,18)(H,16,17). The molecule has 1 atom stereocenters. The molecule has 0 heterocycles. The summed E-state index contributed by atoms with van der Waals surface area (Å²) in [6, 6.07) is -0.241. The summed E-state index contributed by atoms with van der Waals surface area (Å²) in [6.07, 6.45) is 0.555. The second-order valence-electron chi connectivity index (χ2n) is 4.92. The van der Waals surface area contributed by atoms with Crippen LogP contribution in [0.5, 0.6) is 0 Å². The van der Waals surface area contributed by atoms with Crippen LogP contribution in [0.1, 0.15) is 27.2 Å². The minimum atomic E-state index is -0.867. The Morgan fingerprint density at radius 3 is 2.42 bits per heavy atom. The van der Waals surface area contributed by atoms with Gasteiger partial charge in [-0.3, -0.25) is 4.79 Å². The lowest BCUT2D eigenvalue weighted by Gasteiger charge is -2.22. The van der Waals surface area contributed by atoms with Crippen molar-refractivity contribution in [2.24, 2.45) is 11.8 Å². The van der Waals surface area contributed by atoms with Gasteiger partial charge in [0.05, 0.1) is 12.5 Å². The Bertz CT molecular complexity index is 282. The van der Waals surface area contributed by atoms with Crippen LogP contribution in [0.3, 0.4) is 0 Å². The zero-order valence-electron chi connectivity index (χ0n) is 12.3. The Morgan fingerprint density at radius 1 is 1.37 bits per heavy atom. The maximum absolute atomic E-state index is 11.9. The van der Waals surface area contributed by atoms with E-state index in [2.05, 4.69) is 5.32 Å². The average Bonchev–Trinajstić information content (AvgIpc) is 2.34. The number of likely N-dealkylation sites (N-methyl/N-ethyl adjacent to an activating group) is 1. The number of hydrogen-bond acceptors (Lipinski definition) is 3. The number of methoxy groups -OCH3 is 1. The number of carbonyl (C=O) groups excluding carboxylic acids is 1. The highest BCUT2D eigenvalue weighted by Gasteiger charge is 2.20. The van der Waals surface area contributed by atoms with Gasteiger partial charge in [-0.1, -0.05) is 13.8 Å². The van der Waals surface area contributed by atoms with E-state index in [1.54, 1.807) is 12.0 Å². The molecule has 0 aliphatic rings. The van der Waals surface area contributed by atoms with Crippen molar-refractivity contribution in [1.29, 1.82) is 0 Å². The van der Waals surface area contributed by atoms with Crippen molar-refractivity contribution < 1.29 is 19.4 Å². The van der Waals surface area contributed by atoms with Crippen LogP contribution in [0, 0.1) is 11.8 Å². The van der Waals surface area contributed by atoms with Crippen molar-refractivity contribution in [2.75, 3.05) is 33.4 Å². The molecule has 1 unspecified atom stereocenters. The van der Waals surface area contributed by atoms with Crippen molar-refractivity contribution in [1.82, 2.24) is 10.2 Å². The summed E-state index contributed by atoms with van der Waals surface area (Å²) < 4.78 is 4.92. The Morgan fingerprint density at radius 2 is 2.00 bits per heavy atom. The Balaban J connectivity index is 4.25. The molecule has 2 amide bonds. The number of aliphatic carboxylic acids is 1. The highest BCUT2D eigenvalue weighted by molar-refractivity contribution is 5.76. The molecule has 0 fully saturated rings. The van der Waals surface area contributed by atoms with Crippen molar-refractivity contribution in [3.05, 3.63) is 0 Å². The molecule has 0 saturated carbocycles. The third-order valence-corrected chi connectivity index (χ3v) is 2.84. The number of urea groups is 1. The summed E-state index contributed by atoms with van der Waals surface area (Å²) in [7, 11) is 1.58. The average molecular weight is 274 g/mol. The van der Waals surface area contributed by atoms with Crippen LogP contribution in [0.25, 0.3) is 0 Å². The number of carbonyl (C=O) groups is 2. The maximum atomic E-state index is 11.9. The SMILES string of the molecule is CCN(CCOC)C(=O)NCC(CC(C)C)C(=O)O. The molecule has 112 valence electrons. The molecule has 0 saturated heterocycles. The van der Waals surface area contributed by atoms with Crippen LogP contribution >= 0.6 is 0 Å². The first-order valence-electron chi connectivity index (χ1n) is 6.66. The monoisotopic (exact) mass is 274 g/mol. The summed E-state index contributed by atoms with van der Waals surface area (Å²) >= 11 is 0. The molecule has 0 rings (SSSR count). The molecule has 0 spiro atoms. The molecule has 0 aromatic carbocycles.